The Balaban J connectivity index is 2.94. The largest absolute Gasteiger partial charge is 0.256 e. The Morgan fingerprint density at radius 1 is 1.46 bits per heavy atom. The number of hydrogen-bond donors (Lipinski definition) is 0. The molecule has 1 aromatic heterocycles. The molecule has 0 amide bonds. The molecule has 0 bridgehead atoms. The number of benzene rings is 1. The lowest BCUT2D eigenvalue weighted by Crippen LogP contribution is -1.87. The fraction of sp³-hybridized carbons (Fsp3) is 0.100. The molecular formula is C10H7BrFN. The van der Waals surface area contributed by atoms with Gasteiger partial charge in [0, 0.05) is 17.6 Å². The predicted molar refractivity (Wildman–Crippen MR) is 54.1 cm³/mol. The molecule has 0 atom stereocenters. The third-order valence-corrected chi connectivity index (χ3v) is 3.02. The van der Waals surface area contributed by atoms with Crippen LogP contribution in [-0.4, -0.2) is 4.98 Å². The van der Waals surface area contributed by atoms with Crippen LogP contribution in [0.4, 0.5) is 4.39 Å². The van der Waals surface area contributed by atoms with E-state index in [9.17, 15) is 4.39 Å². The maximum absolute atomic E-state index is 13.2. The third kappa shape index (κ3) is 1.33. The van der Waals surface area contributed by atoms with Crippen LogP contribution in [0, 0.1) is 12.7 Å². The summed E-state index contributed by atoms with van der Waals surface area (Å²) in [6, 6.07) is 5.22. The molecule has 0 fully saturated rings. The minimum atomic E-state index is -0.260. The summed E-state index contributed by atoms with van der Waals surface area (Å²) < 4.78 is 13.7. The van der Waals surface area contributed by atoms with Gasteiger partial charge in [0.1, 0.15) is 5.82 Å². The van der Waals surface area contributed by atoms with Crippen molar-refractivity contribution in [1.82, 2.24) is 4.98 Å². The van der Waals surface area contributed by atoms with Crippen molar-refractivity contribution in [1.29, 1.82) is 0 Å². The highest BCUT2D eigenvalue weighted by atomic mass is 79.9. The maximum Gasteiger partial charge on any atom is 0.139 e. The zero-order valence-electron chi connectivity index (χ0n) is 7.01. The van der Waals surface area contributed by atoms with Crippen molar-refractivity contribution < 1.29 is 4.39 Å². The van der Waals surface area contributed by atoms with Crippen LogP contribution >= 0.6 is 15.9 Å². The predicted octanol–water partition coefficient (Wildman–Crippen LogP) is 3.44. The van der Waals surface area contributed by atoms with Gasteiger partial charge in [-0.05, 0) is 34.5 Å². The SMILES string of the molecule is Cc1c(Br)c(F)cc2ncccc12. The minimum Gasteiger partial charge on any atom is -0.256 e. The number of nitrogens with zero attached hydrogens (tertiary/aromatic N) is 1. The minimum absolute atomic E-state index is 0.260. The molecule has 1 aromatic carbocycles. The molecule has 2 aromatic rings. The van der Waals surface area contributed by atoms with Gasteiger partial charge in [-0.1, -0.05) is 6.07 Å². The molecule has 0 saturated heterocycles. The molecule has 1 nitrogen and oxygen atoms in total. The monoisotopic (exact) mass is 239 g/mol. The Morgan fingerprint density at radius 3 is 3.00 bits per heavy atom. The molecule has 13 heavy (non-hydrogen) atoms. The first-order chi connectivity index (χ1) is 6.20. The summed E-state index contributed by atoms with van der Waals surface area (Å²) >= 11 is 3.20. The van der Waals surface area contributed by atoms with E-state index in [1.165, 1.54) is 6.07 Å². The number of fused-ring (bicyclic) bond motifs is 1. The fourth-order valence-electron chi connectivity index (χ4n) is 1.33. The van der Waals surface area contributed by atoms with Gasteiger partial charge < -0.3 is 0 Å². The van der Waals surface area contributed by atoms with Crippen molar-refractivity contribution in [3.05, 3.63) is 40.2 Å². The molecule has 66 valence electrons. The lowest BCUT2D eigenvalue weighted by atomic mass is 10.1. The van der Waals surface area contributed by atoms with Crippen molar-refractivity contribution in [3.63, 3.8) is 0 Å². The Bertz CT molecular complexity index is 468. The van der Waals surface area contributed by atoms with Crippen molar-refractivity contribution in [2.45, 2.75) is 6.92 Å². The molecule has 0 unspecified atom stereocenters. The summed E-state index contributed by atoms with van der Waals surface area (Å²) in [5, 5.41) is 0.982. The highest BCUT2D eigenvalue weighted by molar-refractivity contribution is 9.10. The Morgan fingerprint density at radius 2 is 2.23 bits per heavy atom. The van der Waals surface area contributed by atoms with Gasteiger partial charge in [-0.15, -0.1) is 0 Å². The van der Waals surface area contributed by atoms with Gasteiger partial charge in [0.2, 0.25) is 0 Å². The molecule has 0 N–H and O–H groups in total. The molecule has 0 saturated carbocycles. The van der Waals surface area contributed by atoms with E-state index in [1.807, 2.05) is 19.1 Å². The smallest absolute Gasteiger partial charge is 0.139 e. The van der Waals surface area contributed by atoms with E-state index in [0.29, 0.717) is 9.99 Å². The number of aryl methyl sites for hydroxylation is 1. The maximum atomic E-state index is 13.2. The molecule has 0 radical (unpaired) electrons. The summed E-state index contributed by atoms with van der Waals surface area (Å²) in [5.41, 5.74) is 1.59. The molecule has 0 aliphatic heterocycles. The molecule has 1 heterocycles. The zero-order valence-corrected chi connectivity index (χ0v) is 8.60. The standard InChI is InChI=1S/C10H7BrFN/c1-6-7-3-2-4-13-9(7)5-8(12)10(6)11/h2-5H,1H3. The molecular weight excluding hydrogens is 233 g/mol. The van der Waals surface area contributed by atoms with Gasteiger partial charge >= 0.3 is 0 Å². The number of aromatic nitrogens is 1. The number of pyridine rings is 1. The second-order valence-electron chi connectivity index (χ2n) is 2.87. The van der Waals surface area contributed by atoms with Gasteiger partial charge in [-0.2, -0.15) is 0 Å². The average molecular weight is 240 g/mol. The van der Waals surface area contributed by atoms with E-state index in [-0.39, 0.29) is 5.82 Å². The number of rotatable bonds is 0. The van der Waals surface area contributed by atoms with Crippen LogP contribution in [-0.2, 0) is 0 Å². The first kappa shape index (κ1) is 8.63. The average Bonchev–Trinajstić information content (AvgIpc) is 2.15. The molecule has 0 aliphatic carbocycles. The Labute approximate surface area is 83.7 Å². The quantitative estimate of drug-likeness (QED) is 0.687. The van der Waals surface area contributed by atoms with Crippen molar-refractivity contribution in [3.8, 4) is 0 Å². The van der Waals surface area contributed by atoms with E-state index in [0.717, 1.165) is 10.9 Å². The normalized spacial score (nSPS) is 10.7. The van der Waals surface area contributed by atoms with Crippen LogP contribution < -0.4 is 0 Å². The third-order valence-electron chi connectivity index (χ3n) is 2.04. The summed E-state index contributed by atoms with van der Waals surface area (Å²) in [4.78, 5) is 4.08. The number of halogens is 2. The lowest BCUT2D eigenvalue weighted by Gasteiger charge is -2.04. The van der Waals surface area contributed by atoms with Gasteiger partial charge in [0.25, 0.3) is 0 Å². The number of hydrogen-bond acceptors (Lipinski definition) is 1. The second kappa shape index (κ2) is 3.07. The van der Waals surface area contributed by atoms with Gasteiger partial charge in [-0.3, -0.25) is 4.98 Å². The van der Waals surface area contributed by atoms with Crippen molar-refractivity contribution >= 4 is 26.8 Å². The Kier molecular flexibility index (Phi) is 2.04. The Hall–Kier alpha value is -0.960. The summed E-state index contributed by atoms with van der Waals surface area (Å²) in [7, 11) is 0. The van der Waals surface area contributed by atoms with Crippen LogP contribution in [0.15, 0.2) is 28.9 Å². The zero-order chi connectivity index (χ0) is 9.42. The van der Waals surface area contributed by atoms with Gasteiger partial charge in [0.05, 0.1) is 9.99 Å². The van der Waals surface area contributed by atoms with Crippen LogP contribution in [0.3, 0.4) is 0 Å². The first-order valence-electron chi connectivity index (χ1n) is 3.89. The van der Waals surface area contributed by atoms with E-state index in [1.54, 1.807) is 6.20 Å². The fourth-order valence-corrected chi connectivity index (χ4v) is 1.66. The molecule has 0 aliphatic rings. The van der Waals surface area contributed by atoms with E-state index in [2.05, 4.69) is 20.9 Å². The van der Waals surface area contributed by atoms with Crippen LogP contribution in [0.25, 0.3) is 10.9 Å². The summed E-state index contributed by atoms with van der Waals surface area (Å²) in [5.74, 6) is -0.260. The first-order valence-corrected chi connectivity index (χ1v) is 4.69. The van der Waals surface area contributed by atoms with Crippen molar-refractivity contribution in [2.24, 2.45) is 0 Å². The van der Waals surface area contributed by atoms with E-state index >= 15 is 0 Å². The van der Waals surface area contributed by atoms with Gasteiger partial charge in [-0.25, -0.2) is 4.39 Å². The molecule has 2 rings (SSSR count). The highest BCUT2D eigenvalue weighted by Gasteiger charge is 2.07. The summed E-state index contributed by atoms with van der Waals surface area (Å²) in [6.07, 6.45) is 1.66. The van der Waals surface area contributed by atoms with E-state index in [4.69, 9.17) is 0 Å². The van der Waals surface area contributed by atoms with Gasteiger partial charge in [0.15, 0.2) is 0 Å². The summed E-state index contributed by atoms with van der Waals surface area (Å²) in [6.45, 7) is 1.87. The highest BCUT2D eigenvalue weighted by Crippen LogP contribution is 2.27. The molecule has 3 heteroatoms. The lowest BCUT2D eigenvalue weighted by molar-refractivity contribution is 0.621. The van der Waals surface area contributed by atoms with Crippen LogP contribution in [0.1, 0.15) is 5.56 Å². The van der Waals surface area contributed by atoms with Crippen molar-refractivity contribution in [2.75, 3.05) is 0 Å². The van der Waals surface area contributed by atoms with Crippen LogP contribution in [0.5, 0.6) is 0 Å². The molecule has 0 spiro atoms. The van der Waals surface area contributed by atoms with Crippen LogP contribution in [0.2, 0.25) is 0 Å². The topological polar surface area (TPSA) is 12.9 Å². The second-order valence-corrected chi connectivity index (χ2v) is 3.66. The van der Waals surface area contributed by atoms with E-state index < -0.39 is 0 Å².